The number of benzene rings is 6. The third-order valence-corrected chi connectivity index (χ3v) is 9.25. The third kappa shape index (κ3) is 4.75. The summed E-state index contributed by atoms with van der Waals surface area (Å²) in [5.74, 6) is 0.459. The van der Waals surface area contributed by atoms with E-state index in [-0.39, 0.29) is 0 Å². The van der Waals surface area contributed by atoms with Crippen LogP contribution in [-0.4, -0.2) is 0 Å². The molecule has 0 saturated heterocycles. The Balaban J connectivity index is 1.24. The molecule has 0 spiro atoms. The number of anilines is 2. The van der Waals surface area contributed by atoms with Gasteiger partial charge in [-0.25, -0.2) is 0 Å². The van der Waals surface area contributed by atoms with E-state index in [2.05, 4.69) is 164 Å². The molecular weight excluding hydrogens is 530 g/mol. The van der Waals surface area contributed by atoms with E-state index in [0.717, 1.165) is 19.3 Å². The summed E-state index contributed by atoms with van der Waals surface area (Å²) in [6.45, 7) is 2.33. The molecule has 2 aliphatic rings. The lowest BCUT2D eigenvalue weighted by atomic mass is 9.87. The van der Waals surface area contributed by atoms with E-state index >= 15 is 0 Å². The Bertz CT molecular complexity index is 2140. The fourth-order valence-electron chi connectivity index (χ4n) is 7.17. The molecule has 0 amide bonds. The summed E-state index contributed by atoms with van der Waals surface area (Å²) in [7, 11) is 0. The average Bonchev–Trinajstić information content (AvgIpc) is 3.08. The van der Waals surface area contributed by atoms with Crippen LogP contribution in [0.1, 0.15) is 36.5 Å². The van der Waals surface area contributed by atoms with Crippen molar-refractivity contribution in [1.29, 1.82) is 0 Å². The van der Waals surface area contributed by atoms with Crippen molar-refractivity contribution in [3.05, 3.63) is 173 Å². The topological polar surface area (TPSA) is 3.24 Å². The van der Waals surface area contributed by atoms with E-state index in [1.807, 2.05) is 0 Å². The highest BCUT2D eigenvalue weighted by atomic mass is 15.1. The van der Waals surface area contributed by atoms with Crippen LogP contribution in [0.25, 0.3) is 39.2 Å². The number of hydrogen-bond donors (Lipinski definition) is 0. The molecule has 6 aromatic carbocycles. The molecule has 0 aromatic heterocycles. The minimum atomic E-state index is 0.459. The highest BCUT2D eigenvalue weighted by molar-refractivity contribution is 5.97. The average molecular weight is 566 g/mol. The minimum absolute atomic E-state index is 0.459. The number of hydrogen-bond acceptors (Lipinski definition) is 1. The van der Waals surface area contributed by atoms with Crippen LogP contribution >= 0.6 is 0 Å². The first-order valence-electron chi connectivity index (χ1n) is 15.8. The fraction of sp³-hybridized carbons (Fsp3) is 0.116. The molecule has 1 unspecified atom stereocenters. The van der Waals surface area contributed by atoms with Crippen LogP contribution in [0.2, 0.25) is 0 Å². The highest BCUT2D eigenvalue weighted by Crippen LogP contribution is 2.38. The van der Waals surface area contributed by atoms with E-state index < -0.39 is 0 Å². The van der Waals surface area contributed by atoms with Crippen LogP contribution in [0.15, 0.2) is 146 Å². The molecule has 44 heavy (non-hydrogen) atoms. The maximum Gasteiger partial charge on any atom is 0.0459 e. The molecular formula is C43H35N. The zero-order chi connectivity index (χ0) is 29.5. The monoisotopic (exact) mass is 565 g/mol. The second-order valence-electron chi connectivity index (χ2n) is 12.2. The van der Waals surface area contributed by atoms with Crippen molar-refractivity contribution in [2.45, 2.75) is 26.2 Å². The SMILES string of the molecule is CC1C=c2ccccc2=C(N(c2ccc(C3=CCCc4ccccc43)cc2)c2ccc(-c3cccc4ccccc34)cc2)C1. The van der Waals surface area contributed by atoms with Gasteiger partial charge in [-0.15, -0.1) is 0 Å². The van der Waals surface area contributed by atoms with Gasteiger partial charge in [0, 0.05) is 22.3 Å². The van der Waals surface area contributed by atoms with Crippen LogP contribution in [0.5, 0.6) is 0 Å². The first-order chi connectivity index (χ1) is 21.7. The molecule has 0 saturated carbocycles. The summed E-state index contributed by atoms with van der Waals surface area (Å²) < 4.78 is 0. The molecule has 0 bridgehead atoms. The maximum absolute atomic E-state index is 2.49. The van der Waals surface area contributed by atoms with Crippen LogP contribution in [-0.2, 0) is 6.42 Å². The second-order valence-corrected chi connectivity index (χ2v) is 12.2. The van der Waals surface area contributed by atoms with Crippen molar-refractivity contribution in [2.75, 3.05) is 4.90 Å². The summed E-state index contributed by atoms with van der Waals surface area (Å²) >= 11 is 0. The van der Waals surface area contributed by atoms with Crippen molar-refractivity contribution in [3.8, 4) is 11.1 Å². The van der Waals surface area contributed by atoms with Gasteiger partial charge in [0.1, 0.15) is 0 Å². The van der Waals surface area contributed by atoms with E-state index in [9.17, 15) is 0 Å². The smallest absolute Gasteiger partial charge is 0.0459 e. The first-order valence-corrected chi connectivity index (χ1v) is 15.8. The number of rotatable bonds is 5. The van der Waals surface area contributed by atoms with E-state index in [0.29, 0.717) is 5.92 Å². The zero-order valence-electron chi connectivity index (χ0n) is 25.1. The van der Waals surface area contributed by atoms with Crippen LogP contribution in [0.4, 0.5) is 11.4 Å². The Morgan fingerprint density at radius 2 is 1.25 bits per heavy atom. The maximum atomic E-state index is 2.49. The molecule has 6 aromatic rings. The number of allylic oxidation sites excluding steroid dienone is 1. The van der Waals surface area contributed by atoms with Gasteiger partial charge < -0.3 is 4.90 Å². The summed E-state index contributed by atoms with van der Waals surface area (Å²) in [5.41, 5.74) is 11.7. The molecule has 1 heteroatoms. The van der Waals surface area contributed by atoms with Gasteiger partial charge in [0.25, 0.3) is 0 Å². The van der Waals surface area contributed by atoms with E-state index in [4.69, 9.17) is 0 Å². The Hall–Kier alpha value is -5.14. The minimum Gasteiger partial charge on any atom is -0.314 e. The Morgan fingerprint density at radius 1 is 0.591 bits per heavy atom. The highest BCUT2D eigenvalue weighted by Gasteiger charge is 2.21. The molecule has 0 N–H and O–H groups in total. The van der Waals surface area contributed by atoms with Gasteiger partial charge in [0.2, 0.25) is 0 Å². The lowest BCUT2D eigenvalue weighted by molar-refractivity contribution is 0.773. The molecule has 1 nitrogen and oxygen atoms in total. The largest absolute Gasteiger partial charge is 0.314 e. The second kappa shape index (κ2) is 11.2. The Labute approximate surface area is 259 Å². The molecule has 8 rings (SSSR count). The van der Waals surface area contributed by atoms with Gasteiger partial charge >= 0.3 is 0 Å². The van der Waals surface area contributed by atoms with Crippen LogP contribution in [0, 0.1) is 5.92 Å². The fourth-order valence-corrected chi connectivity index (χ4v) is 7.17. The number of fused-ring (bicyclic) bond motifs is 3. The van der Waals surface area contributed by atoms with Crippen LogP contribution in [0.3, 0.4) is 0 Å². The van der Waals surface area contributed by atoms with Crippen molar-refractivity contribution >= 4 is 39.5 Å². The van der Waals surface area contributed by atoms with Gasteiger partial charge in [-0.05, 0) is 98.8 Å². The van der Waals surface area contributed by atoms with Crippen LogP contribution < -0.4 is 15.3 Å². The Kier molecular flexibility index (Phi) is 6.72. The first kappa shape index (κ1) is 26.5. The molecule has 1 atom stereocenters. The van der Waals surface area contributed by atoms with Gasteiger partial charge in [-0.3, -0.25) is 0 Å². The van der Waals surface area contributed by atoms with Crippen molar-refractivity contribution in [3.63, 3.8) is 0 Å². The molecule has 0 heterocycles. The number of aryl methyl sites for hydroxylation is 1. The van der Waals surface area contributed by atoms with Crippen molar-refractivity contribution in [1.82, 2.24) is 0 Å². The number of nitrogens with zero attached hydrogens (tertiary/aromatic N) is 1. The summed E-state index contributed by atoms with van der Waals surface area (Å²) in [4.78, 5) is 2.49. The lowest BCUT2D eigenvalue weighted by Gasteiger charge is -2.31. The molecule has 0 fully saturated rings. The van der Waals surface area contributed by atoms with Gasteiger partial charge in [0.15, 0.2) is 0 Å². The molecule has 0 radical (unpaired) electrons. The summed E-state index contributed by atoms with van der Waals surface area (Å²) in [6, 6.07) is 51.3. The lowest BCUT2D eigenvalue weighted by Crippen LogP contribution is -2.36. The van der Waals surface area contributed by atoms with Crippen molar-refractivity contribution < 1.29 is 0 Å². The van der Waals surface area contributed by atoms with Gasteiger partial charge in [-0.1, -0.05) is 134 Å². The Morgan fingerprint density at radius 3 is 2.09 bits per heavy atom. The molecule has 212 valence electrons. The third-order valence-electron chi connectivity index (χ3n) is 9.25. The quantitative estimate of drug-likeness (QED) is 0.201. The standard InChI is InChI=1S/C43H35N/c1-30-28-35-12-4-7-17-42(35)43(29-30)44(36-24-20-33(21-25-36)40-18-8-13-31-10-2-5-15-38(31)40)37-26-22-34(23-27-37)41-19-9-14-32-11-3-6-16-39(32)41/h2-8,10-13,15-28,30H,9,14,29H2,1H3. The zero-order valence-corrected chi connectivity index (χ0v) is 25.1. The van der Waals surface area contributed by atoms with E-state index in [1.54, 1.807) is 0 Å². The predicted molar refractivity (Wildman–Crippen MR) is 187 cm³/mol. The van der Waals surface area contributed by atoms with E-state index in [1.165, 1.54) is 71.7 Å². The normalized spacial score (nSPS) is 15.6. The predicted octanol–water partition coefficient (Wildman–Crippen LogP) is 9.65. The summed E-state index contributed by atoms with van der Waals surface area (Å²) in [6.07, 6.45) is 8.02. The van der Waals surface area contributed by atoms with Gasteiger partial charge in [0.05, 0.1) is 0 Å². The summed E-state index contributed by atoms with van der Waals surface area (Å²) in [5, 5.41) is 5.19. The molecule has 0 aliphatic heterocycles. The molecule has 2 aliphatic carbocycles. The van der Waals surface area contributed by atoms with Gasteiger partial charge in [-0.2, -0.15) is 0 Å². The van der Waals surface area contributed by atoms with Crippen molar-refractivity contribution in [2.24, 2.45) is 5.92 Å².